The molecule has 0 amide bonds. The van der Waals surface area contributed by atoms with Crippen molar-refractivity contribution in [2.45, 2.75) is 17.7 Å². The number of hydrogen-bond acceptors (Lipinski definition) is 5. The van der Waals surface area contributed by atoms with Gasteiger partial charge in [-0.2, -0.15) is 4.31 Å². The Kier molecular flexibility index (Phi) is 4.42. The van der Waals surface area contributed by atoms with E-state index >= 15 is 0 Å². The van der Waals surface area contributed by atoms with Crippen LogP contribution >= 0.6 is 0 Å². The topological polar surface area (TPSA) is 118 Å². The molecule has 22 heavy (non-hydrogen) atoms. The Morgan fingerprint density at radius 1 is 1.45 bits per heavy atom. The normalized spacial score (nSPS) is 19.8. The molecular weight excluding hydrogens is 319 g/mol. The van der Waals surface area contributed by atoms with Crippen LogP contribution in [0.25, 0.3) is 0 Å². The smallest absolute Gasteiger partial charge is 0.307 e. The standard InChI is InChI=1S/C12H13FN2O6S/c13-10-6-9(15(18)19)3-4-11(10)22(20,21)14-5-1-2-8(7-14)12(16)17/h3-4,6,8H,1-2,5,7H2,(H,16,17). The third-order valence-corrected chi connectivity index (χ3v) is 5.38. The SMILES string of the molecule is O=C(O)C1CCCN(S(=O)(=O)c2ccc([N+](=O)[O-])cc2F)C1. The zero-order valence-electron chi connectivity index (χ0n) is 11.3. The Bertz CT molecular complexity index is 720. The summed E-state index contributed by atoms with van der Waals surface area (Å²) in [5.74, 6) is -3.18. The van der Waals surface area contributed by atoms with E-state index in [1.807, 2.05) is 0 Å². The molecule has 1 aliphatic rings. The first-order chi connectivity index (χ1) is 10.2. The lowest BCUT2D eigenvalue weighted by Gasteiger charge is -2.29. The van der Waals surface area contributed by atoms with E-state index in [4.69, 9.17) is 5.11 Å². The molecule has 1 N–H and O–H groups in total. The molecule has 0 aromatic heterocycles. The minimum Gasteiger partial charge on any atom is -0.481 e. The van der Waals surface area contributed by atoms with Crippen molar-refractivity contribution in [1.29, 1.82) is 0 Å². The van der Waals surface area contributed by atoms with Gasteiger partial charge in [-0.05, 0) is 18.9 Å². The number of sulfonamides is 1. The van der Waals surface area contributed by atoms with Crippen LogP contribution in [0, 0.1) is 21.8 Å². The Morgan fingerprint density at radius 3 is 2.68 bits per heavy atom. The highest BCUT2D eigenvalue weighted by Gasteiger charge is 2.35. The highest BCUT2D eigenvalue weighted by molar-refractivity contribution is 7.89. The van der Waals surface area contributed by atoms with Crippen LogP contribution in [-0.2, 0) is 14.8 Å². The van der Waals surface area contributed by atoms with E-state index in [2.05, 4.69) is 0 Å². The van der Waals surface area contributed by atoms with E-state index in [0.717, 1.165) is 16.4 Å². The van der Waals surface area contributed by atoms with Crippen molar-refractivity contribution >= 4 is 21.7 Å². The number of carbonyl (C=O) groups is 1. The number of carboxylic acids is 1. The maximum Gasteiger partial charge on any atom is 0.307 e. The third-order valence-electron chi connectivity index (χ3n) is 3.48. The third kappa shape index (κ3) is 3.07. The van der Waals surface area contributed by atoms with Crippen LogP contribution in [-0.4, -0.2) is 41.8 Å². The molecule has 1 heterocycles. The number of carboxylic acid groups (broad SMARTS) is 1. The molecule has 0 aliphatic carbocycles. The summed E-state index contributed by atoms with van der Waals surface area (Å²) in [6.07, 6.45) is 0.703. The van der Waals surface area contributed by atoms with Crippen molar-refractivity contribution in [3.63, 3.8) is 0 Å². The fourth-order valence-corrected chi connectivity index (χ4v) is 3.88. The molecule has 0 radical (unpaired) electrons. The highest BCUT2D eigenvalue weighted by Crippen LogP contribution is 2.27. The number of halogens is 1. The van der Waals surface area contributed by atoms with Crippen molar-refractivity contribution in [2.24, 2.45) is 5.92 Å². The molecule has 0 bridgehead atoms. The number of rotatable bonds is 4. The van der Waals surface area contributed by atoms with E-state index in [1.165, 1.54) is 0 Å². The maximum atomic E-state index is 13.9. The van der Waals surface area contributed by atoms with Gasteiger partial charge in [-0.1, -0.05) is 0 Å². The summed E-state index contributed by atoms with van der Waals surface area (Å²) < 4.78 is 39.6. The van der Waals surface area contributed by atoms with Gasteiger partial charge in [0.1, 0.15) is 10.7 Å². The molecule has 10 heteroatoms. The second kappa shape index (κ2) is 5.97. The van der Waals surface area contributed by atoms with Gasteiger partial charge in [-0.3, -0.25) is 14.9 Å². The number of aliphatic carboxylic acids is 1. The largest absolute Gasteiger partial charge is 0.481 e. The molecule has 120 valence electrons. The van der Waals surface area contributed by atoms with Gasteiger partial charge in [0.15, 0.2) is 0 Å². The Balaban J connectivity index is 2.34. The van der Waals surface area contributed by atoms with Crippen molar-refractivity contribution in [1.82, 2.24) is 4.31 Å². The first-order valence-electron chi connectivity index (χ1n) is 6.40. The van der Waals surface area contributed by atoms with Gasteiger partial charge in [0.05, 0.1) is 16.9 Å². The summed E-state index contributed by atoms with van der Waals surface area (Å²) in [5.41, 5.74) is -0.557. The summed E-state index contributed by atoms with van der Waals surface area (Å²) in [4.78, 5) is 20.0. The molecule has 1 saturated heterocycles. The molecule has 0 saturated carbocycles. The molecule has 1 aliphatic heterocycles. The van der Waals surface area contributed by atoms with Crippen LogP contribution in [0.1, 0.15) is 12.8 Å². The molecule has 1 aromatic carbocycles. The fraction of sp³-hybridized carbons (Fsp3) is 0.417. The van der Waals surface area contributed by atoms with Gasteiger partial charge in [0.25, 0.3) is 5.69 Å². The van der Waals surface area contributed by atoms with E-state index < -0.39 is 43.2 Å². The average molecular weight is 332 g/mol. The molecule has 1 fully saturated rings. The van der Waals surface area contributed by atoms with E-state index in [-0.39, 0.29) is 13.1 Å². The predicted octanol–water partition coefficient (Wildman–Crippen LogP) is 1.22. The molecule has 1 unspecified atom stereocenters. The molecule has 1 atom stereocenters. The van der Waals surface area contributed by atoms with E-state index in [1.54, 1.807) is 0 Å². The maximum absolute atomic E-state index is 13.9. The van der Waals surface area contributed by atoms with E-state index in [9.17, 15) is 27.7 Å². The van der Waals surface area contributed by atoms with Gasteiger partial charge >= 0.3 is 5.97 Å². The number of piperidine rings is 1. The highest BCUT2D eigenvalue weighted by atomic mass is 32.2. The van der Waals surface area contributed by atoms with E-state index in [0.29, 0.717) is 18.9 Å². The molecule has 8 nitrogen and oxygen atoms in total. The van der Waals surface area contributed by atoms with Gasteiger partial charge in [-0.25, -0.2) is 12.8 Å². The van der Waals surface area contributed by atoms with Crippen LogP contribution in [0.4, 0.5) is 10.1 Å². The zero-order valence-corrected chi connectivity index (χ0v) is 12.1. The minimum absolute atomic E-state index is 0.0859. The van der Waals surface area contributed by atoms with Crippen molar-refractivity contribution in [3.8, 4) is 0 Å². The van der Waals surface area contributed by atoms with Crippen LogP contribution in [0.2, 0.25) is 0 Å². The second-order valence-electron chi connectivity index (χ2n) is 4.91. The van der Waals surface area contributed by atoms with Crippen LogP contribution in [0.3, 0.4) is 0 Å². The first kappa shape index (κ1) is 16.3. The van der Waals surface area contributed by atoms with Gasteiger partial charge in [-0.15, -0.1) is 0 Å². The number of nitrogens with zero attached hydrogens (tertiary/aromatic N) is 2. The molecule has 0 spiro atoms. The van der Waals surface area contributed by atoms with Crippen LogP contribution < -0.4 is 0 Å². The Morgan fingerprint density at radius 2 is 2.14 bits per heavy atom. The Hall–Kier alpha value is -2.07. The Labute approximate surface area is 125 Å². The average Bonchev–Trinajstić information content (AvgIpc) is 2.46. The fourth-order valence-electron chi connectivity index (χ4n) is 2.31. The number of nitro benzene ring substituents is 1. The molecular formula is C12H13FN2O6S. The number of benzene rings is 1. The monoisotopic (exact) mass is 332 g/mol. The van der Waals surface area contributed by atoms with Crippen molar-refractivity contribution < 1.29 is 27.6 Å². The first-order valence-corrected chi connectivity index (χ1v) is 7.84. The lowest BCUT2D eigenvalue weighted by atomic mass is 10.0. The second-order valence-corrected chi connectivity index (χ2v) is 6.82. The number of nitro groups is 1. The minimum atomic E-state index is -4.23. The lowest BCUT2D eigenvalue weighted by Crippen LogP contribution is -2.42. The summed E-state index contributed by atoms with van der Waals surface area (Å²) in [6.45, 7) is -0.156. The number of non-ortho nitro benzene ring substituents is 1. The number of hydrogen-bond donors (Lipinski definition) is 1. The summed E-state index contributed by atoms with van der Waals surface area (Å²) in [7, 11) is -4.23. The van der Waals surface area contributed by atoms with Gasteiger partial charge < -0.3 is 5.11 Å². The predicted molar refractivity (Wildman–Crippen MR) is 72.2 cm³/mol. The van der Waals surface area contributed by atoms with Crippen LogP contribution in [0.5, 0.6) is 0 Å². The molecule has 2 rings (SSSR count). The summed E-state index contributed by atoms with van der Waals surface area (Å²) >= 11 is 0. The summed E-state index contributed by atoms with van der Waals surface area (Å²) in [5, 5.41) is 19.5. The molecule has 1 aromatic rings. The van der Waals surface area contributed by atoms with Crippen molar-refractivity contribution in [2.75, 3.05) is 13.1 Å². The summed E-state index contributed by atoms with van der Waals surface area (Å²) in [6, 6.07) is 2.26. The van der Waals surface area contributed by atoms with Gasteiger partial charge in [0, 0.05) is 19.2 Å². The zero-order chi connectivity index (χ0) is 16.5. The van der Waals surface area contributed by atoms with Crippen LogP contribution in [0.15, 0.2) is 23.1 Å². The van der Waals surface area contributed by atoms with Gasteiger partial charge in [0.2, 0.25) is 10.0 Å². The lowest BCUT2D eigenvalue weighted by molar-refractivity contribution is -0.385. The van der Waals surface area contributed by atoms with Crippen molar-refractivity contribution in [3.05, 3.63) is 34.1 Å². The quantitative estimate of drug-likeness (QED) is 0.654.